The molecule has 1 unspecified atom stereocenters. The van der Waals surface area contributed by atoms with Crippen molar-refractivity contribution < 1.29 is 8.78 Å². The molecule has 1 rings (SSSR count). The van der Waals surface area contributed by atoms with Gasteiger partial charge in [0.25, 0.3) is 6.43 Å². The van der Waals surface area contributed by atoms with Gasteiger partial charge < -0.3 is 9.88 Å². The molecule has 0 spiro atoms. The molecule has 0 radical (unpaired) electrons. The second-order valence-corrected chi connectivity index (χ2v) is 2.99. The number of nitrogens with zero attached hydrogens (tertiary/aromatic N) is 1. The Morgan fingerprint density at radius 3 is 2.77 bits per heavy atom. The van der Waals surface area contributed by atoms with Crippen molar-refractivity contribution in [2.24, 2.45) is 0 Å². The number of hydrogen-bond acceptors (Lipinski definition) is 1. The number of alkyl halides is 2. The van der Waals surface area contributed by atoms with Crippen molar-refractivity contribution in [2.45, 2.75) is 25.9 Å². The van der Waals surface area contributed by atoms with Gasteiger partial charge in [0.15, 0.2) is 0 Å². The molecule has 13 heavy (non-hydrogen) atoms. The maximum Gasteiger partial charge on any atom is 0.256 e. The van der Waals surface area contributed by atoms with E-state index in [4.69, 9.17) is 0 Å². The molecule has 74 valence electrons. The van der Waals surface area contributed by atoms with Crippen LogP contribution in [0.3, 0.4) is 0 Å². The molecule has 0 saturated carbocycles. The lowest BCUT2D eigenvalue weighted by atomic mass is 10.2. The smallest absolute Gasteiger partial charge is 0.256 e. The summed E-state index contributed by atoms with van der Waals surface area (Å²) in [6.07, 6.45) is -0.620. The molecule has 0 amide bonds. The first kappa shape index (κ1) is 10.2. The molecule has 2 nitrogen and oxygen atoms in total. The van der Waals surface area contributed by atoms with Crippen molar-refractivity contribution in [2.75, 3.05) is 7.05 Å². The summed E-state index contributed by atoms with van der Waals surface area (Å²) in [6, 6.07) is 3.74. The minimum absolute atomic E-state index is 0.105. The number of hydrogen-bond donors (Lipinski definition) is 1. The van der Waals surface area contributed by atoms with E-state index in [2.05, 4.69) is 5.32 Å². The van der Waals surface area contributed by atoms with E-state index in [0.29, 0.717) is 0 Å². The van der Waals surface area contributed by atoms with E-state index in [-0.39, 0.29) is 12.6 Å². The van der Waals surface area contributed by atoms with Crippen molar-refractivity contribution >= 4 is 0 Å². The van der Waals surface area contributed by atoms with Gasteiger partial charge in [0.05, 0.1) is 6.54 Å². The van der Waals surface area contributed by atoms with Gasteiger partial charge in [-0.05, 0) is 26.1 Å². The predicted octanol–water partition coefficient (Wildman–Crippen LogP) is 2.03. The van der Waals surface area contributed by atoms with Crippen LogP contribution in [0, 0.1) is 0 Å². The third kappa shape index (κ3) is 2.52. The lowest BCUT2D eigenvalue weighted by Crippen LogP contribution is -2.18. The van der Waals surface area contributed by atoms with Gasteiger partial charge in [-0.3, -0.25) is 0 Å². The van der Waals surface area contributed by atoms with Gasteiger partial charge >= 0.3 is 0 Å². The van der Waals surface area contributed by atoms with Crippen LogP contribution >= 0.6 is 0 Å². The van der Waals surface area contributed by atoms with Gasteiger partial charge in [0.2, 0.25) is 0 Å². The largest absolute Gasteiger partial charge is 0.344 e. The summed E-state index contributed by atoms with van der Waals surface area (Å²) in [6.45, 7) is 1.71. The van der Waals surface area contributed by atoms with Crippen LogP contribution in [-0.4, -0.2) is 18.0 Å². The third-order valence-corrected chi connectivity index (χ3v) is 2.08. The number of aromatic nitrogens is 1. The molecule has 0 aromatic carbocycles. The van der Waals surface area contributed by atoms with Gasteiger partial charge in [0.1, 0.15) is 0 Å². The Hall–Kier alpha value is -0.900. The maximum absolute atomic E-state index is 12.1. The summed E-state index contributed by atoms with van der Waals surface area (Å²) in [5.41, 5.74) is 0.891. The third-order valence-electron chi connectivity index (χ3n) is 2.08. The quantitative estimate of drug-likeness (QED) is 0.765. The molecule has 0 fully saturated rings. The molecule has 1 atom stereocenters. The first-order valence-electron chi connectivity index (χ1n) is 4.25. The molecule has 0 aliphatic carbocycles. The molecular formula is C9H14F2N2. The molecule has 1 aromatic rings. The zero-order valence-electron chi connectivity index (χ0n) is 7.80. The van der Waals surface area contributed by atoms with E-state index in [1.165, 1.54) is 0 Å². The van der Waals surface area contributed by atoms with Crippen LogP contribution < -0.4 is 5.32 Å². The molecule has 1 N–H and O–H groups in total. The molecule has 1 heterocycles. The standard InChI is InChI=1S/C9H14F2N2/c1-7(12-2)8-4-3-5-13(8)6-9(10)11/h3-5,7,9,12H,6H2,1-2H3. The van der Waals surface area contributed by atoms with Crippen LogP contribution in [0.5, 0.6) is 0 Å². The van der Waals surface area contributed by atoms with Crippen molar-refractivity contribution in [3.8, 4) is 0 Å². The van der Waals surface area contributed by atoms with Crippen LogP contribution in [0.25, 0.3) is 0 Å². The molecule has 0 aliphatic rings. The van der Waals surface area contributed by atoms with Crippen LogP contribution in [0.1, 0.15) is 18.7 Å². The topological polar surface area (TPSA) is 17.0 Å². The Morgan fingerprint density at radius 1 is 1.54 bits per heavy atom. The van der Waals surface area contributed by atoms with Gasteiger partial charge in [-0.2, -0.15) is 0 Å². The Morgan fingerprint density at radius 2 is 2.23 bits per heavy atom. The van der Waals surface area contributed by atoms with E-state index < -0.39 is 6.43 Å². The maximum atomic E-state index is 12.1. The Kier molecular flexibility index (Phi) is 3.42. The van der Waals surface area contributed by atoms with Crippen molar-refractivity contribution in [1.82, 2.24) is 9.88 Å². The first-order valence-corrected chi connectivity index (χ1v) is 4.25. The zero-order chi connectivity index (χ0) is 9.84. The highest BCUT2D eigenvalue weighted by Crippen LogP contribution is 2.14. The van der Waals surface area contributed by atoms with Crippen molar-refractivity contribution in [3.63, 3.8) is 0 Å². The lowest BCUT2D eigenvalue weighted by Gasteiger charge is -2.14. The van der Waals surface area contributed by atoms with Gasteiger partial charge in [0, 0.05) is 17.9 Å². The predicted molar refractivity (Wildman–Crippen MR) is 47.9 cm³/mol. The minimum atomic E-state index is -2.30. The molecule has 1 aromatic heterocycles. The number of halogens is 2. The van der Waals surface area contributed by atoms with Gasteiger partial charge in [-0.1, -0.05) is 0 Å². The highest BCUT2D eigenvalue weighted by Gasteiger charge is 2.10. The van der Waals surface area contributed by atoms with Crippen LogP contribution in [0.15, 0.2) is 18.3 Å². The average Bonchev–Trinajstić information content (AvgIpc) is 2.50. The molecule has 4 heteroatoms. The summed E-state index contributed by atoms with van der Waals surface area (Å²) in [5, 5.41) is 3.02. The fourth-order valence-corrected chi connectivity index (χ4v) is 1.28. The Balaban J connectivity index is 2.76. The van der Waals surface area contributed by atoms with Gasteiger partial charge in [-0.25, -0.2) is 8.78 Å². The second kappa shape index (κ2) is 4.37. The number of nitrogens with one attached hydrogen (secondary N) is 1. The van der Waals surface area contributed by atoms with E-state index in [1.54, 1.807) is 16.8 Å². The van der Waals surface area contributed by atoms with E-state index >= 15 is 0 Å². The fourth-order valence-electron chi connectivity index (χ4n) is 1.28. The van der Waals surface area contributed by atoms with E-state index in [9.17, 15) is 8.78 Å². The van der Waals surface area contributed by atoms with Crippen molar-refractivity contribution in [3.05, 3.63) is 24.0 Å². The average molecular weight is 188 g/mol. The highest BCUT2D eigenvalue weighted by molar-refractivity contribution is 5.11. The summed E-state index contributed by atoms with van der Waals surface area (Å²) < 4.78 is 25.8. The summed E-state index contributed by atoms with van der Waals surface area (Å²) in [7, 11) is 1.81. The summed E-state index contributed by atoms with van der Waals surface area (Å²) in [4.78, 5) is 0. The molecule has 0 bridgehead atoms. The second-order valence-electron chi connectivity index (χ2n) is 2.99. The summed E-state index contributed by atoms with van der Waals surface area (Å²) >= 11 is 0. The van der Waals surface area contributed by atoms with Crippen LogP contribution in [0.4, 0.5) is 8.78 Å². The van der Waals surface area contributed by atoms with E-state index in [0.717, 1.165) is 5.69 Å². The molecule has 0 saturated heterocycles. The first-order chi connectivity index (χ1) is 6.15. The molecule has 0 aliphatic heterocycles. The monoisotopic (exact) mass is 188 g/mol. The Bertz CT molecular complexity index is 258. The van der Waals surface area contributed by atoms with E-state index in [1.807, 2.05) is 20.0 Å². The van der Waals surface area contributed by atoms with Crippen LogP contribution in [0.2, 0.25) is 0 Å². The summed E-state index contributed by atoms with van der Waals surface area (Å²) in [5.74, 6) is 0. The van der Waals surface area contributed by atoms with Crippen LogP contribution in [-0.2, 0) is 6.54 Å². The van der Waals surface area contributed by atoms with Crippen molar-refractivity contribution in [1.29, 1.82) is 0 Å². The lowest BCUT2D eigenvalue weighted by molar-refractivity contribution is 0.125. The normalized spacial score (nSPS) is 13.6. The zero-order valence-corrected chi connectivity index (χ0v) is 7.80. The van der Waals surface area contributed by atoms with Gasteiger partial charge in [-0.15, -0.1) is 0 Å². The highest BCUT2D eigenvalue weighted by atomic mass is 19.3. The SMILES string of the molecule is CNC(C)c1cccn1CC(F)F. The minimum Gasteiger partial charge on any atom is -0.344 e. The fraction of sp³-hybridized carbons (Fsp3) is 0.556. The number of rotatable bonds is 4. The Labute approximate surface area is 76.6 Å². The molecular weight excluding hydrogens is 174 g/mol.